The molecule has 0 radical (unpaired) electrons. The van der Waals surface area contributed by atoms with Crippen LogP contribution in [0.2, 0.25) is 0 Å². The molecule has 0 amide bonds. The Labute approximate surface area is 121 Å². The molecule has 1 heterocycles. The number of ether oxygens (including phenoxy) is 1. The van der Waals surface area contributed by atoms with E-state index in [1.54, 1.807) is 0 Å². The van der Waals surface area contributed by atoms with Gasteiger partial charge >= 0.3 is 6.55 Å². The van der Waals surface area contributed by atoms with Crippen molar-refractivity contribution in [2.75, 3.05) is 0 Å². The third-order valence-corrected chi connectivity index (χ3v) is 3.81. The number of aryl methyl sites for hydroxylation is 1. The van der Waals surface area contributed by atoms with Gasteiger partial charge in [0.25, 0.3) is 0 Å². The Morgan fingerprint density at radius 2 is 2.29 bits per heavy atom. The molecule has 0 bridgehead atoms. The molecule has 3 rings (SSSR count). The van der Waals surface area contributed by atoms with Gasteiger partial charge in [-0.15, -0.1) is 0 Å². The molecule has 2 N–H and O–H groups in total. The quantitative estimate of drug-likeness (QED) is 0.942. The highest BCUT2D eigenvalue weighted by molar-refractivity contribution is 5.39. The molecule has 2 aromatic rings. The van der Waals surface area contributed by atoms with E-state index in [1.807, 2.05) is 18.2 Å². The molecule has 0 unspecified atom stereocenters. The van der Waals surface area contributed by atoms with E-state index in [-0.39, 0.29) is 18.5 Å². The molecule has 21 heavy (non-hydrogen) atoms. The van der Waals surface area contributed by atoms with Gasteiger partial charge < -0.3 is 10.5 Å². The Balaban J connectivity index is 1.74. The predicted molar refractivity (Wildman–Crippen MR) is 74.1 cm³/mol. The molecule has 1 aliphatic carbocycles. The molecule has 0 spiro atoms. The summed E-state index contributed by atoms with van der Waals surface area (Å²) in [6.45, 7) is -2.60. The van der Waals surface area contributed by atoms with E-state index in [9.17, 15) is 8.78 Å². The van der Waals surface area contributed by atoms with Gasteiger partial charge in [0.05, 0.1) is 0 Å². The zero-order valence-electron chi connectivity index (χ0n) is 11.5. The normalized spacial score (nSPS) is 17.8. The maximum atomic E-state index is 12.7. The molecule has 0 fully saturated rings. The van der Waals surface area contributed by atoms with Crippen LogP contribution in [0.5, 0.6) is 5.75 Å². The molecule has 1 atom stereocenters. The lowest BCUT2D eigenvalue weighted by Crippen LogP contribution is -2.17. The molecule has 0 saturated heterocycles. The number of nitrogens with two attached hydrogens (primary N) is 1. The maximum absolute atomic E-state index is 12.7. The van der Waals surface area contributed by atoms with Crippen molar-refractivity contribution >= 4 is 0 Å². The smallest absolute Gasteiger partial charge is 0.320 e. The number of hydrogen-bond donors (Lipinski definition) is 1. The molecular weight excluding hydrogens is 276 g/mol. The largest absolute Gasteiger partial charge is 0.486 e. The summed E-state index contributed by atoms with van der Waals surface area (Å²) in [5.74, 6) is 0.835. The van der Waals surface area contributed by atoms with Crippen LogP contribution in [-0.4, -0.2) is 9.55 Å². The van der Waals surface area contributed by atoms with E-state index < -0.39 is 6.55 Å². The lowest BCUT2D eigenvalue weighted by molar-refractivity contribution is 0.0632. The molecule has 1 aromatic heterocycles. The Morgan fingerprint density at radius 3 is 3.10 bits per heavy atom. The second-order valence-electron chi connectivity index (χ2n) is 5.18. The van der Waals surface area contributed by atoms with Crippen molar-refractivity contribution in [2.45, 2.75) is 38.5 Å². The van der Waals surface area contributed by atoms with Gasteiger partial charge in [-0.2, -0.15) is 8.78 Å². The van der Waals surface area contributed by atoms with Gasteiger partial charge in [0.2, 0.25) is 0 Å². The summed E-state index contributed by atoms with van der Waals surface area (Å²) in [5.41, 5.74) is 8.44. The standard InChI is InChI=1S/C15H17F2N3O/c16-15(17)20-7-6-19-14(20)9-21-11-5-4-10-2-1-3-13(18)12(10)8-11/h4-8,13,15H,1-3,9,18H2/t13-/m0/s1. The van der Waals surface area contributed by atoms with Crippen LogP contribution in [0.25, 0.3) is 0 Å². The molecular formula is C15H17F2N3O. The first-order chi connectivity index (χ1) is 10.1. The van der Waals surface area contributed by atoms with Gasteiger partial charge in [-0.05, 0) is 42.5 Å². The average Bonchev–Trinajstić information content (AvgIpc) is 2.94. The summed E-state index contributed by atoms with van der Waals surface area (Å²) in [6.07, 6.45) is 5.67. The fourth-order valence-corrected chi connectivity index (χ4v) is 2.68. The molecule has 1 aliphatic rings. The van der Waals surface area contributed by atoms with Crippen molar-refractivity contribution in [3.8, 4) is 5.75 Å². The van der Waals surface area contributed by atoms with Gasteiger partial charge in [-0.25, -0.2) is 4.98 Å². The number of benzene rings is 1. The first-order valence-corrected chi connectivity index (χ1v) is 6.96. The number of imidazole rings is 1. The second kappa shape index (κ2) is 5.81. The summed E-state index contributed by atoms with van der Waals surface area (Å²) < 4.78 is 31.8. The monoisotopic (exact) mass is 293 g/mol. The molecule has 0 saturated carbocycles. The minimum Gasteiger partial charge on any atom is -0.486 e. The van der Waals surface area contributed by atoms with Crippen molar-refractivity contribution < 1.29 is 13.5 Å². The SMILES string of the molecule is N[C@H]1CCCc2ccc(OCc3nccn3C(F)F)cc21. The van der Waals surface area contributed by atoms with E-state index in [4.69, 9.17) is 10.5 Å². The highest BCUT2D eigenvalue weighted by atomic mass is 19.3. The van der Waals surface area contributed by atoms with E-state index >= 15 is 0 Å². The minimum absolute atomic E-state index is 0.00532. The van der Waals surface area contributed by atoms with Crippen molar-refractivity contribution in [1.82, 2.24) is 9.55 Å². The van der Waals surface area contributed by atoms with Crippen LogP contribution in [0, 0.1) is 0 Å². The van der Waals surface area contributed by atoms with Crippen LogP contribution in [0.1, 0.15) is 42.4 Å². The number of alkyl halides is 2. The van der Waals surface area contributed by atoms with Crippen LogP contribution in [0.15, 0.2) is 30.6 Å². The summed E-state index contributed by atoms with van der Waals surface area (Å²) in [4.78, 5) is 3.89. The highest BCUT2D eigenvalue weighted by Crippen LogP contribution is 2.31. The third-order valence-electron chi connectivity index (χ3n) is 3.81. The Bertz CT molecular complexity index is 627. The lowest BCUT2D eigenvalue weighted by atomic mass is 9.88. The molecule has 6 heteroatoms. The molecule has 0 aliphatic heterocycles. The zero-order chi connectivity index (χ0) is 14.8. The first-order valence-electron chi connectivity index (χ1n) is 6.96. The minimum atomic E-state index is -2.61. The van der Waals surface area contributed by atoms with Crippen LogP contribution in [0.4, 0.5) is 8.78 Å². The summed E-state index contributed by atoms with van der Waals surface area (Å²) in [5, 5.41) is 0. The van der Waals surface area contributed by atoms with Gasteiger partial charge in [0.15, 0.2) is 5.82 Å². The van der Waals surface area contributed by atoms with Gasteiger partial charge in [-0.1, -0.05) is 6.07 Å². The van der Waals surface area contributed by atoms with Gasteiger partial charge in [-0.3, -0.25) is 4.57 Å². The Morgan fingerprint density at radius 1 is 1.43 bits per heavy atom. The van der Waals surface area contributed by atoms with Crippen LogP contribution < -0.4 is 10.5 Å². The van der Waals surface area contributed by atoms with Gasteiger partial charge in [0, 0.05) is 18.4 Å². The van der Waals surface area contributed by atoms with Crippen molar-refractivity contribution in [3.05, 3.63) is 47.5 Å². The number of aromatic nitrogens is 2. The lowest BCUT2D eigenvalue weighted by Gasteiger charge is -2.22. The highest BCUT2D eigenvalue weighted by Gasteiger charge is 2.17. The predicted octanol–water partition coefficient (Wildman–Crippen LogP) is 3.19. The van der Waals surface area contributed by atoms with E-state index in [1.165, 1.54) is 18.0 Å². The molecule has 4 nitrogen and oxygen atoms in total. The van der Waals surface area contributed by atoms with Crippen LogP contribution in [-0.2, 0) is 13.0 Å². The number of nitrogens with zero attached hydrogens (tertiary/aromatic N) is 2. The number of rotatable bonds is 4. The summed E-state index contributed by atoms with van der Waals surface area (Å²) in [7, 11) is 0. The molecule has 112 valence electrons. The maximum Gasteiger partial charge on any atom is 0.320 e. The van der Waals surface area contributed by atoms with Gasteiger partial charge in [0.1, 0.15) is 12.4 Å². The first kappa shape index (κ1) is 14.0. The number of hydrogen-bond acceptors (Lipinski definition) is 3. The Hall–Kier alpha value is -1.95. The summed E-state index contributed by atoms with van der Waals surface area (Å²) >= 11 is 0. The summed E-state index contributed by atoms with van der Waals surface area (Å²) in [6, 6.07) is 5.80. The number of fused-ring (bicyclic) bond motifs is 1. The average molecular weight is 293 g/mol. The van der Waals surface area contributed by atoms with Crippen molar-refractivity contribution in [3.63, 3.8) is 0 Å². The number of halogens is 2. The van der Waals surface area contributed by atoms with Crippen LogP contribution in [0.3, 0.4) is 0 Å². The van der Waals surface area contributed by atoms with Crippen LogP contribution >= 0.6 is 0 Å². The van der Waals surface area contributed by atoms with Crippen molar-refractivity contribution in [1.29, 1.82) is 0 Å². The fraction of sp³-hybridized carbons (Fsp3) is 0.400. The molecule has 1 aromatic carbocycles. The third kappa shape index (κ3) is 2.90. The Kier molecular flexibility index (Phi) is 3.88. The zero-order valence-corrected chi connectivity index (χ0v) is 11.5. The van der Waals surface area contributed by atoms with Crippen molar-refractivity contribution in [2.24, 2.45) is 5.73 Å². The van der Waals surface area contributed by atoms with E-state index in [0.717, 1.165) is 29.4 Å². The van der Waals surface area contributed by atoms with E-state index in [0.29, 0.717) is 5.75 Å². The second-order valence-corrected chi connectivity index (χ2v) is 5.18. The topological polar surface area (TPSA) is 53.1 Å². The fourth-order valence-electron chi connectivity index (χ4n) is 2.68. The van der Waals surface area contributed by atoms with E-state index in [2.05, 4.69) is 4.98 Å².